The molecule has 2 bridgehead atoms. The monoisotopic (exact) mass is 594 g/mol. The van der Waals surface area contributed by atoms with Gasteiger partial charge in [0.2, 0.25) is 0 Å². The lowest BCUT2D eigenvalue weighted by Gasteiger charge is -2.34. The van der Waals surface area contributed by atoms with Crippen LogP contribution >= 0.6 is 23.1 Å². The third-order valence-electron chi connectivity index (χ3n) is 8.21. The van der Waals surface area contributed by atoms with E-state index in [0.29, 0.717) is 39.3 Å². The third kappa shape index (κ3) is 3.96. The number of thioether (sulfide) groups is 1. The maximum Gasteiger partial charge on any atom is 0.409 e. The molecule has 2 aromatic carbocycles. The summed E-state index contributed by atoms with van der Waals surface area (Å²) < 4.78 is 37.9. The van der Waals surface area contributed by atoms with Gasteiger partial charge in [0.25, 0.3) is 0 Å². The molecule has 2 fully saturated rings. The molecule has 2 saturated heterocycles. The Hall–Kier alpha value is -3.57. The van der Waals surface area contributed by atoms with Crippen LogP contribution < -0.4 is 10.2 Å². The Kier molecular flexibility index (Phi) is 6.27. The highest BCUT2D eigenvalue weighted by Crippen LogP contribution is 2.48. The van der Waals surface area contributed by atoms with E-state index in [9.17, 15) is 15.2 Å². The summed E-state index contributed by atoms with van der Waals surface area (Å²) in [4.78, 5) is 25.6. The van der Waals surface area contributed by atoms with Crippen molar-refractivity contribution in [2.45, 2.75) is 43.8 Å². The van der Waals surface area contributed by atoms with Crippen LogP contribution in [0, 0.1) is 23.0 Å². The summed E-state index contributed by atoms with van der Waals surface area (Å²) in [5.41, 5.74) is 1.97. The van der Waals surface area contributed by atoms with Gasteiger partial charge in [0.1, 0.15) is 28.2 Å². The molecule has 5 heterocycles. The molecule has 210 valence electrons. The lowest BCUT2D eigenvalue weighted by Crippen LogP contribution is -2.45. The number of thiophene rings is 1. The molecule has 1 amide bonds. The number of benzene rings is 2. The first kappa shape index (κ1) is 26.3. The van der Waals surface area contributed by atoms with Crippen molar-refractivity contribution in [3.63, 3.8) is 0 Å². The number of aromatic nitrogens is 2. The highest BCUT2D eigenvalue weighted by atomic mass is 32.2. The van der Waals surface area contributed by atoms with Gasteiger partial charge in [0.05, 0.1) is 28.9 Å². The normalized spacial score (nSPS) is 19.8. The minimum absolute atomic E-state index is 0.0178. The van der Waals surface area contributed by atoms with E-state index < -0.39 is 17.7 Å². The molecule has 9 nitrogen and oxygen atoms in total. The van der Waals surface area contributed by atoms with Gasteiger partial charge < -0.3 is 14.7 Å². The molecule has 2 atom stereocenters. The highest BCUT2D eigenvalue weighted by molar-refractivity contribution is 7.99. The van der Waals surface area contributed by atoms with Crippen molar-refractivity contribution < 1.29 is 23.4 Å². The summed E-state index contributed by atoms with van der Waals surface area (Å²) in [5.74, 6) is 0.200. The maximum absolute atomic E-state index is 17.0. The summed E-state index contributed by atoms with van der Waals surface area (Å²) in [6.45, 7) is 4.05. The van der Waals surface area contributed by atoms with Gasteiger partial charge in [-0.2, -0.15) is 5.26 Å². The number of carbonyl (C=O) groups is 1. The summed E-state index contributed by atoms with van der Waals surface area (Å²) in [6, 6.07) is 5.33. The van der Waals surface area contributed by atoms with E-state index in [2.05, 4.69) is 27.1 Å². The summed E-state index contributed by atoms with van der Waals surface area (Å²) in [6.07, 6.45) is -0.361. The Balaban J connectivity index is 1.53. The van der Waals surface area contributed by atoms with Crippen molar-refractivity contribution in [3.8, 4) is 17.2 Å². The standard InChI is InChI=1S/C28H24F2N6O3S2/c1-3-40-27-32-23-21(25(33-27)36-9-12-6-13(36)8-35(12)2)17-11-39-10-16(17)19(22(23)30)14-4-5-18(29)24-20(14)15(7-31)26(41-24)34-28(37)38/h4-5,12-13,34H,3,6,8-11H2,1-2H3,(H,37,38)/t12-,13-/m1/s1. The van der Waals surface area contributed by atoms with Crippen molar-refractivity contribution in [1.29, 1.82) is 5.26 Å². The lowest BCUT2D eigenvalue weighted by atomic mass is 9.90. The predicted molar refractivity (Wildman–Crippen MR) is 154 cm³/mol. The van der Waals surface area contributed by atoms with Crippen LogP contribution in [0.1, 0.15) is 30.0 Å². The SMILES string of the molecule is CCSc1nc(N2C[C@H]3C[C@@H]2CN3C)c2c3c(c(-c4ccc(F)c5sc(NC(=O)O)c(C#N)c45)c(F)c2n1)COC3. The highest BCUT2D eigenvalue weighted by Gasteiger charge is 2.43. The quantitative estimate of drug-likeness (QED) is 0.219. The number of nitrogens with zero attached hydrogens (tertiary/aromatic N) is 5. The Morgan fingerprint density at radius 1 is 1.24 bits per heavy atom. The second-order valence-corrected chi connectivity index (χ2v) is 12.7. The Morgan fingerprint density at radius 3 is 2.73 bits per heavy atom. The second-order valence-electron chi connectivity index (χ2n) is 10.4. The van der Waals surface area contributed by atoms with E-state index in [1.807, 2.05) is 13.0 Å². The number of ether oxygens (including phenoxy) is 1. The second kappa shape index (κ2) is 9.77. The molecule has 0 aliphatic carbocycles. The molecule has 0 radical (unpaired) electrons. The van der Waals surface area contributed by atoms with Crippen molar-refractivity contribution in [3.05, 3.63) is 40.5 Å². The van der Waals surface area contributed by atoms with Crippen LogP contribution in [0.2, 0.25) is 0 Å². The van der Waals surface area contributed by atoms with Gasteiger partial charge in [0, 0.05) is 36.1 Å². The third-order valence-corrected chi connectivity index (χ3v) is 10.1. The molecular formula is C28H24F2N6O3S2. The van der Waals surface area contributed by atoms with Gasteiger partial charge >= 0.3 is 6.09 Å². The number of rotatable bonds is 5. The van der Waals surface area contributed by atoms with Crippen LogP contribution in [-0.4, -0.2) is 64.0 Å². The number of amides is 1. The number of hydrogen-bond donors (Lipinski definition) is 2. The van der Waals surface area contributed by atoms with E-state index in [1.54, 1.807) is 0 Å². The van der Waals surface area contributed by atoms with Gasteiger partial charge in [-0.1, -0.05) is 24.8 Å². The summed E-state index contributed by atoms with van der Waals surface area (Å²) in [7, 11) is 2.12. The number of nitrogens with one attached hydrogen (secondary N) is 1. The Labute approximate surface area is 241 Å². The molecule has 4 aromatic rings. The number of hydrogen-bond acceptors (Lipinski definition) is 9. The van der Waals surface area contributed by atoms with Crippen LogP contribution in [0.5, 0.6) is 0 Å². The van der Waals surface area contributed by atoms with E-state index in [4.69, 9.17) is 9.72 Å². The number of fused-ring (bicyclic) bond motifs is 6. The van der Waals surface area contributed by atoms with Crippen LogP contribution in [-0.2, 0) is 18.0 Å². The van der Waals surface area contributed by atoms with Crippen LogP contribution in [0.25, 0.3) is 32.1 Å². The number of anilines is 2. The average Bonchev–Trinajstić information content (AvgIpc) is 3.72. The van der Waals surface area contributed by atoms with Crippen LogP contribution in [0.4, 0.5) is 24.4 Å². The number of piperazine rings is 1. The average molecular weight is 595 g/mol. The molecule has 2 aromatic heterocycles. The summed E-state index contributed by atoms with van der Waals surface area (Å²) in [5, 5.41) is 22.7. The van der Waals surface area contributed by atoms with Crippen LogP contribution in [0.15, 0.2) is 17.3 Å². The van der Waals surface area contributed by atoms with Crippen molar-refractivity contribution in [2.75, 3.05) is 36.1 Å². The fourth-order valence-electron chi connectivity index (χ4n) is 6.47. The zero-order valence-electron chi connectivity index (χ0n) is 22.1. The van der Waals surface area contributed by atoms with Crippen molar-refractivity contribution in [2.24, 2.45) is 0 Å². The molecule has 41 heavy (non-hydrogen) atoms. The fraction of sp³-hybridized carbons (Fsp3) is 0.357. The van der Waals surface area contributed by atoms with Gasteiger partial charge in [0.15, 0.2) is 11.0 Å². The van der Waals surface area contributed by atoms with E-state index in [1.165, 1.54) is 23.9 Å². The largest absolute Gasteiger partial charge is 0.465 e. The van der Waals surface area contributed by atoms with Crippen molar-refractivity contribution >= 4 is 61.0 Å². The van der Waals surface area contributed by atoms with E-state index in [0.717, 1.165) is 36.4 Å². The molecule has 3 aliphatic rings. The molecule has 0 spiro atoms. The first-order valence-corrected chi connectivity index (χ1v) is 15.0. The topological polar surface area (TPSA) is 115 Å². The van der Waals surface area contributed by atoms with Gasteiger partial charge in [-0.15, -0.1) is 11.3 Å². The van der Waals surface area contributed by atoms with E-state index in [-0.39, 0.29) is 51.0 Å². The van der Waals surface area contributed by atoms with E-state index >= 15 is 8.78 Å². The number of likely N-dealkylation sites (N-methyl/N-ethyl adjacent to an activating group) is 1. The molecule has 13 heteroatoms. The molecule has 3 aliphatic heterocycles. The minimum atomic E-state index is -1.38. The van der Waals surface area contributed by atoms with Gasteiger partial charge in [-0.25, -0.2) is 23.5 Å². The number of nitriles is 1. The van der Waals surface area contributed by atoms with Gasteiger partial charge in [-0.3, -0.25) is 10.2 Å². The Morgan fingerprint density at radius 2 is 2.05 bits per heavy atom. The lowest BCUT2D eigenvalue weighted by molar-refractivity contribution is 0.135. The van der Waals surface area contributed by atoms with Crippen molar-refractivity contribution in [1.82, 2.24) is 14.9 Å². The number of likely N-dealkylation sites (tertiary alicyclic amines) is 1. The summed E-state index contributed by atoms with van der Waals surface area (Å²) >= 11 is 2.24. The minimum Gasteiger partial charge on any atom is -0.465 e. The first-order chi connectivity index (χ1) is 19.8. The predicted octanol–water partition coefficient (Wildman–Crippen LogP) is 5.79. The molecule has 0 saturated carbocycles. The maximum atomic E-state index is 17.0. The number of halogens is 2. The molecule has 7 rings (SSSR count). The zero-order valence-corrected chi connectivity index (χ0v) is 23.8. The molecule has 2 N–H and O–H groups in total. The zero-order chi connectivity index (χ0) is 28.6. The smallest absolute Gasteiger partial charge is 0.409 e. The molecule has 0 unspecified atom stereocenters. The van der Waals surface area contributed by atoms with Gasteiger partial charge in [-0.05, 0) is 42.0 Å². The molecular weight excluding hydrogens is 570 g/mol. The fourth-order valence-corrected chi connectivity index (χ4v) is 8.11. The first-order valence-electron chi connectivity index (χ1n) is 13.2. The van der Waals surface area contributed by atoms with Crippen LogP contribution in [0.3, 0.4) is 0 Å². The Bertz CT molecular complexity index is 1820. The number of carboxylic acid groups (broad SMARTS) is 1.